The smallest absolute Gasteiger partial charge is 0.230 e. The Bertz CT molecular complexity index is 1180. The third-order valence-electron chi connectivity index (χ3n) is 5.28. The summed E-state index contributed by atoms with van der Waals surface area (Å²) >= 11 is 1.37. The van der Waals surface area contributed by atoms with Gasteiger partial charge in [-0.2, -0.15) is 0 Å². The molecule has 0 aliphatic rings. The molecule has 0 atom stereocenters. The van der Waals surface area contributed by atoms with Gasteiger partial charge in [-0.05, 0) is 28.7 Å². The van der Waals surface area contributed by atoms with Crippen molar-refractivity contribution in [2.24, 2.45) is 0 Å². The molecule has 33 heavy (non-hydrogen) atoms. The topological polar surface area (TPSA) is 73.0 Å². The Labute approximate surface area is 198 Å². The van der Waals surface area contributed by atoms with E-state index in [4.69, 9.17) is 4.42 Å². The van der Waals surface area contributed by atoms with Gasteiger partial charge in [-0.15, -0.1) is 10.2 Å². The Morgan fingerprint density at radius 1 is 1.00 bits per heavy atom. The van der Waals surface area contributed by atoms with Crippen molar-refractivity contribution in [2.75, 3.05) is 5.75 Å². The number of rotatable bonds is 8. The molecule has 0 aliphatic carbocycles. The minimum atomic E-state index is -0.0486. The van der Waals surface area contributed by atoms with Crippen LogP contribution >= 0.6 is 11.8 Å². The minimum absolute atomic E-state index is 0.0486. The zero-order valence-corrected chi connectivity index (χ0v) is 19.9. The molecular formula is C26H28N4O2S. The molecule has 0 bridgehead atoms. The van der Waals surface area contributed by atoms with Crippen LogP contribution in [-0.2, 0) is 23.3 Å². The molecule has 1 N–H and O–H groups in total. The number of nitrogens with zero attached hydrogens (tertiary/aromatic N) is 3. The first-order valence-electron chi connectivity index (χ1n) is 10.9. The van der Waals surface area contributed by atoms with Crippen LogP contribution in [0.4, 0.5) is 0 Å². The second kappa shape index (κ2) is 10.1. The van der Waals surface area contributed by atoms with E-state index < -0.39 is 0 Å². The van der Waals surface area contributed by atoms with Crippen molar-refractivity contribution < 1.29 is 9.21 Å². The normalized spacial score (nSPS) is 11.5. The van der Waals surface area contributed by atoms with Crippen LogP contribution in [0.5, 0.6) is 0 Å². The van der Waals surface area contributed by atoms with Crippen LogP contribution in [0, 0.1) is 0 Å². The van der Waals surface area contributed by atoms with Crippen LogP contribution in [0.1, 0.15) is 37.7 Å². The second-order valence-corrected chi connectivity index (χ2v) is 9.79. The fourth-order valence-corrected chi connectivity index (χ4v) is 4.17. The highest BCUT2D eigenvalue weighted by Gasteiger charge is 2.18. The van der Waals surface area contributed by atoms with E-state index >= 15 is 0 Å². The summed E-state index contributed by atoms with van der Waals surface area (Å²) in [5.74, 6) is 1.76. The Kier molecular flexibility index (Phi) is 6.99. The largest absolute Gasteiger partial charge is 0.467 e. The lowest BCUT2D eigenvalue weighted by molar-refractivity contribution is -0.118. The predicted molar refractivity (Wildman–Crippen MR) is 131 cm³/mol. The highest BCUT2D eigenvalue weighted by Crippen LogP contribution is 2.28. The molecule has 0 saturated heterocycles. The van der Waals surface area contributed by atoms with Crippen LogP contribution in [0.25, 0.3) is 11.4 Å². The summed E-state index contributed by atoms with van der Waals surface area (Å²) in [7, 11) is 0. The van der Waals surface area contributed by atoms with Crippen molar-refractivity contribution in [3.05, 3.63) is 89.9 Å². The molecule has 0 saturated carbocycles. The lowest BCUT2D eigenvalue weighted by Gasteiger charge is -2.19. The van der Waals surface area contributed by atoms with Gasteiger partial charge in [-0.3, -0.25) is 9.36 Å². The van der Waals surface area contributed by atoms with Crippen molar-refractivity contribution in [3.8, 4) is 11.4 Å². The Balaban J connectivity index is 1.50. The number of benzene rings is 2. The van der Waals surface area contributed by atoms with Crippen molar-refractivity contribution in [1.82, 2.24) is 20.1 Å². The summed E-state index contributed by atoms with van der Waals surface area (Å²) in [5, 5.41) is 12.5. The minimum Gasteiger partial charge on any atom is -0.467 e. The number of nitrogens with one attached hydrogen (secondary N) is 1. The van der Waals surface area contributed by atoms with Crippen LogP contribution < -0.4 is 5.32 Å². The summed E-state index contributed by atoms with van der Waals surface area (Å²) in [6, 6.07) is 22.1. The molecular weight excluding hydrogens is 432 g/mol. The number of furan rings is 1. The fraction of sp³-hybridized carbons (Fsp3) is 0.269. The molecule has 170 valence electrons. The summed E-state index contributed by atoms with van der Waals surface area (Å²) < 4.78 is 7.56. The number of aromatic nitrogens is 3. The maximum Gasteiger partial charge on any atom is 0.230 e. The SMILES string of the molecule is CC(C)(C)c1ccc(-c2nnc(SCC(=O)NCc3ccccc3)n2Cc2ccco2)cc1. The van der Waals surface area contributed by atoms with Gasteiger partial charge in [0.1, 0.15) is 5.76 Å². The highest BCUT2D eigenvalue weighted by atomic mass is 32.2. The Morgan fingerprint density at radius 2 is 1.76 bits per heavy atom. The van der Waals surface area contributed by atoms with Gasteiger partial charge in [0.05, 0.1) is 18.6 Å². The molecule has 7 heteroatoms. The molecule has 0 fully saturated rings. The van der Waals surface area contributed by atoms with E-state index in [1.165, 1.54) is 17.3 Å². The summed E-state index contributed by atoms with van der Waals surface area (Å²) in [6.45, 7) is 7.58. The maximum atomic E-state index is 12.4. The van der Waals surface area contributed by atoms with Crippen molar-refractivity contribution >= 4 is 17.7 Å². The molecule has 0 spiro atoms. The van der Waals surface area contributed by atoms with Gasteiger partial charge >= 0.3 is 0 Å². The monoisotopic (exact) mass is 460 g/mol. The van der Waals surface area contributed by atoms with E-state index in [-0.39, 0.29) is 17.1 Å². The fourth-order valence-electron chi connectivity index (χ4n) is 3.41. The van der Waals surface area contributed by atoms with E-state index in [1.54, 1.807) is 6.26 Å². The first-order chi connectivity index (χ1) is 15.9. The van der Waals surface area contributed by atoms with Crippen LogP contribution in [0.3, 0.4) is 0 Å². The van der Waals surface area contributed by atoms with Gasteiger partial charge in [0, 0.05) is 12.1 Å². The lowest BCUT2D eigenvalue weighted by Crippen LogP contribution is -2.24. The van der Waals surface area contributed by atoms with E-state index in [0.717, 1.165) is 22.7 Å². The quantitative estimate of drug-likeness (QED) is 0.362. The van der Waals surface area contributed by atoms with E-state index in [2.05, 4.69) is 60.6 Å². The molecule has 1 amide bonds. The number of carbonyl (C=O) groups excluding carboxylic acids is 1. The molecule has 6 nitrogen and oxygen atoms in total. The zero-order chi connectivity index (χ0) is 23.3. The zero-order valence-electron chi connectivity index (χ0n) is 19.1. The molecule has 4 aromatic rings. The highest BCUT2D eigenvalue weighted by molar-refractivity contribution is 7.99. The molecule has 0 unspecified atom stereocenters. The van der Waals surface area contributed by atoms with E-state index in [1.807, 2.05) is 47.0 Å². The van der Waals surface area contributed by atoms with Gasteiger partial charge in [0.2, 0.25) is 5.91 Å². The molecule has 2 aromatic carbocycles. The van der Waals surface area contributed by atoms with E-state index in [9.17, 15) is 4.79 Å². The van der Waals surface area contributed by atoms with Crippen molar-refractivity contribution in [2.45, 2.75) is 44.4 Å². The molecule has 0 aliphatic heterocycles. The summed E-state index contributed by atoms with van der Waals surface area (Å²) in [6.07, 6.45) is 1.65. The predicted octanol–water partition coefficient (Wildman–Crippen LogP) is 5.29. The second-order valence-electron chi connectivity index (χ2n) is 8.85. The molecule has 2 heterocycles. The summed E-state index contributed by atoms with van der Waals surface area (Å²) in [4.78, 5) is 12.4. The molecule has 4 rings (SSSR count). The van der Waals surface area contributed by atoms with Gasteiger partial charge in [-0.25, -0.2) is 0 Å². The Hall–Kier alpha value is -3.32. The van der Waals surface area contributed by atoms with Gasteiger partial charge in [-0.1, -0.05) is 87.1 Å². The van der Waals surface area contributed by atoms with Crippen LogP contribution in [0.2, 0.25) is 0 Å². The first kappa shape index (κ1) is 22.9. The van der Waals surface area contributed by atoms with Crippen LogP contribution in [-0.4, -0.2) is 26.4 Å². The van der Waals surface area contributed by atoms with Crippen molar-refractivity contribution in [1.29, 1.82) is 0 Å². The van der Waals surface area contributed by atoms with Crippen LogP contribution in [0.15, 0.2) is 82.6 Å². The lowest BCUT2D eigenvalue weighted by atomic mass is 9.87. The van der Waals surface area contributed by atoms with Gasteiger partial charge < -0.3 is 9.73 Å². The Morgan fingerprint density at radius 3 is 2.42 bits per heavy atom. The number of thioether (sulfide) groups is 1. The molecule has 0 radical (unpaired) electrons. The standard InChI is InChI=1S/C26H28N4O2S/c1-26(2,3)21-13-11-20(12-14-21)24-28-29-25(30(24)17-22-10-7-15-32-22)33-18-23(31)27-16-19-8-5-4-6-9-19/h4-15H,16-18H2,1-3H3,(H,27,31). The third-order valence-corrected chi connectivity index (χ3v) is 6.25. The first-order valence-corrected chi connectivity index (χ1v) is 11.9. The molecule has 2 aromatic heterocycles. The average Bonchev–Trinajstić information content (AvgIpc) is 3.47. The number of hydrogen-bond acceptors (Lipinski definition) is 5. The van der Waals surface area contributed by atoms with Crippen molar-refractivity contribution in [3.63, 3.8) is 0 Å². The number of hydrogen-bond donors (Lipinski definition) is 1. The maximum absolute atomic E-state index is 12.4. The average molecular weight is 461 g/mol. The third kappa shape index (κ3) is 5.93. The number of amides is 1. The summed E-state index contributed by atoms with van der Waals surface area (Å²) in [5.41, 5.74) is 3.38. The van der Waals surface area contributed by atoms with E-state index in [0.29, 0.717) is 18.2 Å². The van der Waals surface area contributed by atoms with Gasteiger partial charge in [0.15, 0.2) is 11.0 Å². The van der Waals surface area contributed by atoms with Gasteiger partial charge in [0.25, 0.3) is 0 Å². The number of carbonyl (C=O) groups is 1.